The Morgan fingerprint density at radius 2 is 2.16 bits per heavy atom. The molecule has 1 amide bonds. The zero-order chi connectivity index (χ0) is 14.4. The van der Waals surface area contributed by atoms with Crippen molar-refractivity contribution in [3.63, 3.8) is 0 Å². The second-order valence-electron chi connectivity index (χ2n) is 4.77. The molecule has 1 aromatic carbocycles. The lowest BCUT2D eigenvalue weighted by atomic mass is 10.1. The summed E-state index contributed by atoms with van der Waals surface area (Å²) < 4.78 is 18.6. The number of phenolic OH excluding ortho intramolecular Hbond substituents is 1. The number of hydrogen-bond acceptors (Lipinski definition) is 3. The van der Waals surface area contributed by atoms with Crippen LogP contribution in [0.5, 0.6) is 5.75 Å². The maximum absolute atomic E-state index is 13.7. The summed E-state index contributed by atoms with van der Waals surface area (Å²) in [5, 5.41) is 9.65. The molecule has 0 radical (unpaired) electrons. The van der Waals surface area contributed by atoms with Crippen LogP contribution in [0.3, 0.4) is 0 Å². The fourth-order valence-corrected chi connectivity index (χ4v) is 1.80. The molecule has 0 unspecified atom stereocenters. The summed E-state index contributed by atoms with van der Waals surface area (Å²) in [5.41, 5.74) is -0.278. The molecule has 1 aromatic rings. The highest BCUT2D eigenvalue weighted by Crippen LogP contribution is 2.22. The van der Waals surface area contributed by atoms with Crippen molar-refractivity contribution in [1.82, 2.24) is 4.90 Å². The predicted octanol–water partition coefficient (Wildman–Crippen LogP) is 2.28. The number of carbonyl (C=O) groups is 1. The number of hydrogen-bond donors (Lipinski definition) is 1. The Morgan fingerprint density at radius 1 is 1.47 bits per heavy atom. The lowest BCUT2D eigenvalue weighted by Gasteiger charge is -2.24. The van der Waals surface area contributed by atoms with Gasteiger partial charge in [0.2, 0.25) is 0 Å². The molecule has 0 fully saturated rings. The molecule has 4 nitrogen and oxygen atoms in total. The molecule has 0 saturated carbocycles. The van der Waals surface area contributed by atoms with E-state index in [-0.39, 0.29) is 17.2 Å². The average Bonchev–Trinajstić information content (AvgIpc) is 2.33. The summed E-state index contributed by atoms with van der Waals surface area (Å²) >= 11 is 0. The van der Waals surface area contributed by atoms with Gasteiger partial charge in [0.1, 0.15) is 17.1 Å². The van der Waals surface area contributed by atoms with E-state index in [1.165, 1.54) is 17.0 Å². The Kier molecular flexibility index (Phi) is 5.76. The Balaban J connectivity index is 2.97. The highest BCUT2D eigenvalue weighted by atomic mass is 19.1. The molecule has 0 spiro atoms. The number of amides is 1. The lowest BCUT2D eigenvalue weighted by molar-refractivity contribution is 0.0664. The summed E-state index contributed by atoms with van der Waals surface area (Å²) in [6, 6.07) is 3.83. The Morgan fingerprint density at radius 3 is 2.68 bits per heavy atom. The van der Waals surface area contributed by atoms with Crippen molar-refractivity contribution in [1.29, 1.82) is 0 Å². The first kappa shape index (κ1) is 15.4. The summed E-state index contributed by atoms with van der Waals surface area (Å²) in [6.07, 6.45) is 0. The molecule has 0 aliphatic carbocycles. The Labute approximate surface area is 112 Å². The minimum atomic E-state index is -0.712. The van der Waals surface area contributed by atoms with Gasteiger partial charge in [-0.3, -0.25) is 4.79 Å². The fourth-order valence-electron chi connectivity index (χ4n) is 1.80. The van der Waals surface area contributed by atoms with Crippen LogP contribution in [-0.4, -0.2) is 42.7 Å². The number of methoxy groups -OCH3 is 1. The van der Waals surface area contributed by atoms with Gasteiger partial charge in [-0.05, 0) is 18.1 Å². The number of carbonyl (C=O) groups excluding carboxylic acids is 1. The van der Waals surface area contributed by atoms with Gasteiger partial charge >= 0.3 is 0 Å². The largest absolute Gasteiger partial charge is 0.507 e. The van der Waals surface area contributed by atoms with Crippen molar-refractivity contribution in [3.8, 4) is 5.75 Å². The molecule has 1 N–H and O–H groups in total. The second-order valence-corrected chi connectivity index (χ2v) is 4.77. The van der Waals surface area contributed by atoms with Crippen molar-refractivity contribution >= 4 is 5.91 Å². The molecule has 106 valence electrons. The minimum absolute atomic E-state index is 0.245. The normalized spacial score (nSPS) is 10.8. The number of aromatic hydroxyl groups is 1. The van der Waals surface area contributed by atoms with E-state index in [2.05, 4.69) is 0 Å². The SMILES string of the molecule is COCCN(CC(C)C)C(=O)c1c(O)cccc1F. The number of halogens is 1. The van der Waals surface area contributed by atoms with Crippen LogP contribution >= 0.6 is 0 Å². The quantitative estimate of drug-likeness (QED) is 0.862. The van der Waals surface area contributed by atoms with E-state index >= 15 is 0 Å². The van der Waals surface area contributed by atoms with E-state index in [1.807, 2.05) is 13.8 Å². The lowest BCUT2D eigenvalue weighted by Crippen LogP contribution is -2.37. The van der Waals surface area contributed by atoms with Gasteiger partial charge in [0.15, 0.2) is 0 Å². The van der Waals surface area contributed by atoms with Crippen LogP contribution < -0.4 is 0 Å². The van der Waals surface area contributed by atoms with Crippen LogP contribution in [0.2, 0.25) is 0 Å². The van der Waals surface area contributed by atoms with Gasteiger partial charge in [0.25, 0.3) is 5.91 Å². The predicted molar refractivity (Wildman–Crippen MR) is 70.7 cm³/mol. The van der Waals surface area contributed by atoms with Crippen molar-refractivity contribution in [2.75, 3.05) is 26.8 Å². The first-order chi connectivity index (χ1) is 8.97. The van der Waals surface area contributed by atoms with E-state index in [4.69, 9.17) is 4.74 Å². The number of benzene rings is 1. The van der Waals surface area contributed by atoms with E-state index in [0.717, 1.165) is 6.07 Å². The zero-order valence-corrected chi connectivity index (χ0v) is 11.5. The van der Waals surface area contributed by atoms with Gasteiger partial charge in [-0.2, -0.15) is 0 Å². The number of phenols is 1. The maximum Gasteiger partial charge on any atom is 0.260 e. The minimum Gasteiger partial charge on any atom is -0.507 e. The maximum atomic E-state index is 13.7. The smallest absolute Gasteiger partial charge is 0.260 e. The topological polar surface area (TPSA) is 49.8 Å². The molecule has 1 rings (SSSR count). The van der Waals surface area contributed by atoms with E-state index in [1.54, 1.807) is 7.11 Å². The van der Waals surface area contributed by atoms with Gasteiger partial charge in [-0.15, -0.1) is 0 Å². The Hall–Kier alpha value is -1.62. The van der Waals surface area contributed by atoms with Crippen LogP contribution in [-0.2, 0) is 4.74 Å². The highest BCUT2D eigenvalue weighted by Gasteiger charge is 2.23. The molecule has 0 aliphatic heterocycles. The van der Waals surface area contributed by atoms with Crippen LogP contribution in [0.15, 0.2) is 18.2 Å². The summed E-state index contributed by atoms with van der Waals surface area (Å²) in [5.74, 6) is -1.32. The van der Waals surface area contributed by atoms with E-state index in [9.17, 15) is 14.3 Å². The molecule has 0 bridgehead atoms. The molecular weight excluding hydrogens is 249 g/mol. The molecule has 0 saturated heterocycles. The summed E-state index contributed by atoms with van der Waals surface area (Å²) in [6.45, 7) is 5.15. The van der Waals surface area contributed by atoms with E-state index in [0.29, 0.717) is 19.7 Å². The van der Waals surface area contributed by atoms with Crippen molar-refractivity contribution in [2.24, 2.45) is 5.92 Å². The first-order valence-electron chi connectivity index (χ1n) is 6.23. The molecule has 0 heterocycles. The van der Waals surface area contributed by atoms with Crippen LogP contribution in [0.4, 0.5) is 4.39 Å². The van der Waals surface area contributed by atoms with Gasteiger partial charge in [0, 0.05) is 20.2 Å². The molecule has 5 heteroatoms. The van der Waals surface area contributed by atoms with Crippen LogP contribution in [0.1, 0.15) is 24.2 Å². The van der Waals surface area contributed by atoms with Gasteiger partial charge in [-0.25, -0.2) is 4.39 Å². The van der Waals surface area contributed by atoms with E-state index < -0.39 is 11.7 Å². The van der Waals surface area contributed by atoms with Gasteiger partial charge < -0.3 is 14.7 Å². The molecule has 0 aromatic heterocycles. The summed E-state index contributed by atoms with van der Waals surface area (Å²) in [7, 11) is 1.54. The Bertz CT molecular complexity index is 414. The third-order valence-electron chi connectivity index (χ3n) is 2.64. The number of nitrogens with zero attached hydrogens (tertiary/aromatic N) is 1. The van der Waals surface area contributed by atoms with Gasteiger partial charge in [0.05, 0.1) is 6.61 Å². The standard InChI is InChI=1S/C14H20FNO3/c1-10(2)9-16(7-8-19-3)14(18)13-11(15)5-4-6-12(13)17/h4-6,10,17H,7-9H2,1-3H3. The molecule has 0 atom stereocenters. The molecule has 0 aliphatic rings. The average molecular weight is 269 g/mol. The highest BCUT2D eigenvalue weighted by molar-refractivity contribution is 5.97. The number of ether oxygens (including phenoxy) is 1. The first-order valence-corrected chi connectivity index (χ1v) is 6.23. The second kappa shape index (κ2) is 7.09. The third kappa shape index (κ3) is 4.21. The summed E-state index contributed by atoms with van der Waals surface area (Å²) in [4.78, 5) is 13.8. The molecular formula is C14H20FNO3. The number of rotatable bonds is 6. The van der Waals surface area contributed by atoms with Crippen LogP contribution in [0, 0.1) is 11.7 Å². The zero-order valence-electron chi connectivity index (χ0n) is 11.5. The van der Waals surface area contributed by atoms with Crippen molar-refractivity contribution in [2.45, 2.75) is 13.8 Å². The van der Waals surface area contributed by atoms with Gasteiger partial charge in [-0.1, -0.05) is 19.9 Å². The van der Waals surface area contributed by atoms with Crippen molar-refractivity contribution < 1.29 is 19.0 Å². The third-order valence-corrected chi connectivity index (χ3v) is 2.64. The van der Waals surface area contributed by atoms with Crippen molar-refractivity contribution in [3.05, 3.63) is 29.6 Å². The monoisotopic (exact) mass is 269 g/mol. The van der Waals surface area contributed by atoms with Crippen LogP contribution in [0.25, 0.3) is 0 Å². The fraction of sp³-hybridized carbons (Fsp3) is 0.500. The molecule has 19 heavy (non-hydrogen) atoms.